The standard InChI is InChI=1S/C19H21NO.C11H15N/c1-2-4-9(5-3-1)6-7-20-19-16-11-8-10-12-13(11)17(19)15(12)18(21-19)14(10)16;12-11-8-4-2-5-7-3(4)1-6(8)9(7)10(5)11/h1-5,10-18,20H,6-8H2;3-11H,1-2,12H2. The molecule has 3 heteroatoms. The van der Waals surface area contributed by atoms with Gasteiger partial charge in [0.1, 0.15) is 5.72 Å². The summed E-state index contributed by atoms with van der Waals surface area (Å²) in [5.74, 6) is 16.8. The van der Waals surface area contributed by atoms with Crippen LogP contribution in [0.3, 0.4) is 0 Å². The minimum Gasteiger partial charge on any atom is -0.356 e. The Morgan fingerprint density at radius 2 is 1.45 bits per heavy atom. The monoisotopic (exact) mass is 440 g/mol. The van der Waals surface area contributed by atoms with E-state index < -0.39 is 0 Å². The van der Waals surface area contributed by atoms with E-state index in [1.165, 1.54) is 17.4 Å². The molecule has 13 rings (SSSR count). The van der Waals surface area contributed by atoms with Crippen molar-refractivity contribution in [2.24, 2.45) is 100 Å². The summed E-state index contributed by atoms with van der Waals surface area (Å²) in [6.45, 7) is 1.08. The van der Waals surface area contributed by atoms with Crippen molar-refractivity contribution in [1.82, 2.24) is 5.32 Å². The van der Waals surface area contributed by atoms with Gasteiger partial charge in [-0.25, -0.2) is 0 Å². The van der Waals surface area contributed by atoms with Crippen LogP contribution in [0.15, 0.2) is 30.3 Å². The van der Waals surface area contributed by atoms with Crippen LogP contribution in [0.4, 0.5) is 0 Å². The summed E-state index contributed by atoms with van der Waals surface area (Å²) in [6, 6.07) is 11.5. The molecule has 3 N–H and O–H groups in total. The number of hydrogen-bond acceptors (Lipinski definition) is 3. The molecule has 10 aliphatic carbocycles. The van der Waals surface area contributed by atoms with Crippen molar-refractivity contribution in [2.45, 2.75) is 43.6 Å². The predicted octanol–water partition coefficient (Wildman–Crippen LogP) is 3.39. The first-order chi connectivity index (χ1) is 16.3. The van der Waals surface area contributed by atoms with E-state index in [4.69, 9.17) is 10.5 Å². The second kappa shape index (κ2) is 5.13. The van der Waals surface area contributed by atoms with Crippen LogP contribution >= 0.6 is 0 Å². The highest BCUT2D eigenvalue weighted by molar-refractivity contribution is 5.38. The molecule has 1 aromatic rings. The normalized spacial score (nSPS) is 70.6. The molecule has 19 unspecified atom stereocenters. The minimum absolute atomic E-state index is 0.117. The van der Waals surface area contributed by atoms with Gasteiger partial charge in [0.15, 0.2) is 0 Å². The lowest BCUT2D eigenvalue weighted by Gasteiger charge is -2.47. The lowest BCUT2D eigenvalue weighted by molar-refractivity contribution is -0.0570. The van der Waals surface area contributed by atoms with E-state index in [0.717, 1.165) is 95.8 Å². The maximum atomic E-state index is 6.68. The average Bonchev–Trinajstić information content (AvgIpc) is 3.56. The largest absolute Gasteiger partial charge is 0.356 e. The highest BCUT2D eigenvalue weighted by atomic mass is 16.5. The van der Waals surface area contributed by atoms with Crippen LogP contribution in [0.5, 0.6) is 0 Å². The Morgan fingerprint density at radius 3 is 2.33 bits per heavy atom. The zero-order valence-electron chi connectivity index (χ0n) is 19.3. The molecule has 0 spiro atoms. The Kier molecular flexibility index (Phi) is 2.72. The van der Waals surface area contributed by atoms with Crippen molar-refractivity contribution in [2.75, 3.05) is 6.54 Å². The summed E-state index contributed by atoms with van der Waals surface area (Å²) in [7, 11) is 0. The van der Waals surface area contributed by atoms with Crippen molar-refractivity contribution >= 4 is 0 Å². The fourth-order valence-corrected chi connectivity index (χ4v) is 14.9. The topological polar surface area (TPSA) is 47.3 Å². The molecule has 2 aliphatic heterocycles. The molecule has 10 saturated carbocycles. The van der Waals surface area contributed by atoms with Crippen LogP contribution in [0, 0.1) is 94.7 Å². The molecule has 6 bridgehead atoms. The molecular formula is C30H36N2O. The van der Waals surface area contributed by atoms with E-state index in [1.807, 2.05) is 0 Å². The molecule has 1 aromatic carbocycles. The molecular weight excluding hydrogens is 404 g/mol. The van der Waals surface area contributed by atoms with Gasteiger partial charge in [0.2, 0.25) is 0 Å². The fraction of sp³-hybridized carbons (Fsp3) is 0.800. The maximum absolute atomic E-state index is 6.68. The van der Waals surface area contributed by atoms with Gasteiger partial charge in [-0.05, 0) is 114 Å². The SMILES string of the molecule is NC1C2C3CC4C1C1C2CC3C41.c1ccc(CCNC23OC4C5C6CC(C7C6C4C72)C53)cc1. The first kappa shape index (κ1) is 17.5. The van der Waals surface area contributed by atoms with Crippen molar-refractivity contribution in [1.29, 1.82) is 0 Å². The maximum Gasteiger partial charge on any atom is 0.126 e. The van der Waals surface area contributed by atoms with E-state index in [-0.39, 0.29) is 5.72 Å². The van der Waals surface area contributed by atoms with Crippen molar-refractivity contribution in [3.05, 3.63) is 35.9 Å². The number of nitrogens with one attached hydrogen (secondary N) is 1. The van der Waals surface area contributed by atoms with E-state index in [0.29, 0.717) is 12.1 Å². The molecule has 12 aliphatic rings. The molecule has 33 heavy (non-hydrogen) atoms. The summed E-state index contributed by atoms with van der Waals surface area (Å²) >= 11 is 0. The molecule has 2 heterocycles. The quantitative estimate of drug-likeness (QED) is 0.755. The molecule has 0 aromatic heterocycles. The van der Waals surface area contributed by atoms with Crippen LogP contribution in [-0.4, -0.2) is 24.4 Å². The zero-order chi connectivity index (χ0) is 21.0. The molecule has 0 radical (unpaired) electrons. The van der Waals surface area contributed by atoms with E-state index in [2.05, 4.69) is 35.6 Å². The Bertz CT molecular complexity index is 1070. The summed E-state index contributed by atoms with van der Waals surface area (Å²) in [6.07, 6.45) is 6.52. The van der Waals surface area contributed by atoms with Crippen molar-refractivity contribution in [3.63, 3.8) is 0 Å². The van der Waals surface area contributed by atoms with Crippen molar-refractivity contribution < 1.29 is 4.74 Å². The third-order valence-electron chi connectivity index (χ3n) is 14.7. The number of nitrogens with two attached hydrogens (primary N) is 1. The lowest BCUT2D eigenvalue weighted by atomic mass is 9.59. The second-order valence-corrected chi connectivity index (χ2v) is 14.5. The van der Waals surface area contributed by atoms with Gasteiger partial charge in [0, 0.05) is 24.4 Å². The number of rotatable bonds is 4. The first-order valence-electron chi connectivity index (χ1n) is 14.5. The van der Waals surface area contributed by atoms with Crippen LogP contribution in [0.2, 0.25) is 0 Å². The number of benzene rings is 1. The highest BCUT2D eigenvalue weighted by Gasteiger charge is 2.92. The van der Waals surface area contributed by atoms with Gasteiger partial charge in [-0.2, -0.15) is 0 Å². The molecule has 12 fully saturated rings. The second-order valence-electron chi connectivity index (χ2n) is 14.5. The Balaban J connectivity index is 0.000000108. The molecule has 0 amide bonds. The third-order valence-corrected chi connectivity index (χ3v) is 14.7. The summed E-state index contributed by atoms with van der Waals surface area (Å²) < 4.78 is 6.68. The van der Waals surface area contributed by atoms with Gasteiger partial charge in [0.25, 0.3) is 0 Å². The van der Waals surface area contributed by atoms with Crippen LogP contribution in [0.25, 0.3) is 0 Å². The smallest absolute Gasteiger partial charge is 0.126 e. The number of hydrogen-bond donors (Lipinski definition) is 2. The Hall–Kier alpha value is -0.900. The molecule has 2 saturated heterocycles. The first-order valence-corrected chi connectivity index (χ1v) is 14.5. The van der Waals surface area contributed by atoms with Gasteiger partial charge in [-0.15, -0.1) is 0 Å². The van der Waals surface area contributed by atoms with Gasteiger partial charge in [0.05, 0.1) is 6.10 Å². The average molecular weight is 441 g/mol. The predicted molar refractivity (Wildman–Crippen MR) is 123 cm³/mol. The van der Waals surface area contributed by atoms with E-state index in [9.17, 15) is 0 Å². The van der Waals surface area contributed by atoms with E-state index >= 15 is 0 Å². The van der Waals surface area contributed by atoms with E-state index in [1.54, 1.807) is 19.3 Å². The number of ether oxygens (including phenoxy) is 1. The fourth-order valence-electron chi connectivity index (χ4n) is 14.9. The lowest BCUT2D eigenvalue weighted by Crippen LogP contribution is -2.56. The van der Waals surface area contributed by atoms with Crippen LogP contribution in [-0.2, 0) is 11.2 Å². The molecule has 172 valence electrons. The van der Waals surface area contributed by atoms with Crippen LogP contribution < -0.4 is 11.1 Å². The van der Waals surface area contributed by atoms with Crippen molar-refractivity contribution in [3.8, 4) is 0 Å². The summed E-state index contributed by atoms with van der Waals surface area (Å²) in [4.78, 5) is 0. The van der Waals surface area contributed by atoms with Gasteiger partial charge >= 0.3 is 0 Å². The Labute approximate surface area is 196 Å². The highest BCUT2D eigenvalue weighted by Crippen LogP contribution is 2.89. The third kappa shape index (κ3) is 1.53. The zero-order valence-corrected chi connectivity index (χ0v) is 19.3. The van der Waals surface area contributed by atoms with Crippen LogP contribution in [0.1, 0.15) is 24.8 Å². The van der Waals surface area contributed by atoms with Gasteiger partial charge in [-0.3, -0.25) is 5.32 Å². The molecule has 3 nitrogen and oxygen atoms in total. The minimum atomic E-state index is 0.117. The van der Waals surface area contributed by atoms with Gasteiger partial charge in [-0.1, -0.05) is 30.3 Å². The summed E-state index contributed by atoms with van der Waals surface area (Å²) in [5.41, 5.74) is 7.90. The van der Waals surface area contributed by atoms with Gasteiger partial charge < -0.3 is 10.5 Å². The summed E-state index contributed by atoms with van der Waals surface area (Å²) in [5, 5.41) is 3.95. The Morgan fingerprint density at radius 1 is 0.727 bits per heavy atom. The number of fused-ring (bicyclic) bond motifs is 2. The molecule has 19 atom stereocenters.